The van der Waals surface area contributed by atoms with Gasteiger partial charge in [-0.25, -0.2) is 0 Å². The maximum atomic E-state index is 4.44. The van der Waals surface area contributed by atoms with Crippen LogP contribution in [0.1, 0.15) is 5.56 Å². The van der Waals surface area contributed by atoms with Gasteiger partial charge in [0.15, 0.2) is 5.17 Å². The highest BCUT2D eigenvalue weighted by atomic mass is 127. The Hall–Kier alpha value is -0.0100. The molecule has 0 radical (unpaired) electrons. The van der Waals surface area contributed by atoms with Gasteiger partial charge in [0.1, 0.15) is 0 Å². The molecule has 5 heteroatoms. The van der Waals surface area contributed by atoms with Crippen LogP contribution in [0.25, 0.3) is 5.70 Å². The summed E-state index contributed by atoms with van der Waals surface area (Å²) < 4.78 is 1.28. The molecule has 0 saturated heterocycles. The number of aliphatic imine (C=N–C) groups is 1. The SMILES string of the molecule is Br.Ic1ccc(C2=CSC3=NCCN23)cc1. The van der Waals surface area contributed by atoms with Crippen LogP contribution >= 0.6 is 51.3 Å². The molecule has 2 heterocycles. The van der Waals surface area contributed by atoms with E-state index in [0.717, 1.165) is 18.3 Å². The fourth-order valence-corrected chi connectivity index (χ4v) is 3.09. The number of nitrogens with zero attached hydrogens (tertiary/aromatic N) is 2. The highest BCUT2D eigenvalue weighted by Gasteiger charge is 2.26. The molecule has 2 nitrogen and oxygen atoms in total. The van der Waals surface area contributed by atoms with Crippen molar-refractivity contribution in [1.29, 1.82) is 0 Å². The van der Waals surface area contributed by atoms with E-state index < -0.39 is 0 Å². The summed E-state index contributed by atoms with van der Waals surface area (Å²) in [6.07, 6.45) is 0. The molecule has 84 valence electrons. The predicted molar refractivity (Wildman–Crippen MR) is 84.1 cm³/mol. The van der Waals surface area contributed by atoms with Crippen LogP contribution in [0.2, 0.25) is 0 Å². The first-order valence-corrected chi connectivity index (χ1v) is 6.75. The van der Waals surface area contributed by atoms with Crippen LogP contribution in [0.4, 0.5) is 0 Å². The molecule has 1 aromatic rings. The molecule has 0 unspecified atom stereocenters. The van der Waals surface area contributed by atoms with E-state index in [1.165, 1.54) is 14.8 Å². The Labute approximate surface area is 123 Å². The van der Waals surface area contributed by atoms with Crippen molar-refractivity contribution in [2.75, 3.05) is 13.1 Å². The molecule has 0 bridgehead atoms. The minimum atomic E-state index is 0. The molecule has 0 aliphatic carbocycles. The number of benzene rings is 1. The Morgan fingerprint density at radius 2 is 2.00 bits per heavy atom. The van der Waals surface area contributed by atoms with Crippen LogP contribution in [0.3, 0.4) is 0 Å². The number of thioether (sulfide) groups is 1. The van der Waals surface area contributed by atoms with Crippen molar-refractivity contribution in [2.24, 2.45) is 4.99 Å². The average Bonchev–Trinajstić information content (AvgIpc) is 2.80. The van der Waals surface area contributed by atoms with E-state index in [0.29, 0.717) is 0 Å². The molecule has 1 aromatic carbocycles. The summed E-state index contributed by atoms with van der Waals surface area (Å²) in [6, 6.07) is 8.64. The van der Waals surface area contributed by atoms with E-state index in [2.05, 4.69) is 62.2 Å². The fourth-order valence-electron chi connectivity index (χ4n) is 1.77. The Morgan fingerprint density at radius 1 is 1.25 bits per heavy atom. The van der Waals surface area contributed by atoms with Gasteiger partial charge in [0.05, 0.1) is 12.2 Å². The molecule has 0 N–H and O–H groups in total. The minimum Gasteiger partial charge on any atom is -0.318 e. The van der Waals surface area contributed by atoms with Crippen LogP contribution in [-0.2, 0) is 0 Å². The van der Waals surface area contributed by atoms with E-state index in [1.54, 1.807) is 11.8 Å². The third kappa shape index (κ3) is 2.17. The smallest absolute Gasteiger partial charge is 0.168 e. The highest BCUT2D eigenvalue weighted by molar-refractivity contribution is 14.1. The van der Waals surface area contributed by atoms with E-state index >= 15 is 0 Å². The van der Waals surface area contributed by atoms with Crippen LogP contribution in [-0.4, -0.2) is 23.2 Å². The zero-order valence-corrected chi connectivity index (χ0v) is 13.1. The third-order valence-electron chi connectivity index (χ3n) is 2.51. The first-order chi connectivity index (χ1) is 7.34. The van der Waals surface area contributed by atoms with Crippen molar-refractivity contribution in [2.45, 2.75) is 0 Å². The van der Waals surface area contributed by atoms with E-state index in [4.69, 9.17) is 0 Å². The number of halogens is 2. The lowest BCUT2D eigenvalue weighted by Gasteiger charge is -2.16. The Balaban J connectivity index is 0.000000963. The summed E-state index contributed by atoms with van der Waals surface area (Å²) in [5.41, 5.74) is 2.59. The molecule has 0 spiro atoms. The molecule has 2 aliphatic rings. The molecule has 0 saturated carbocycles. The van der Waals surface area contributed by atoms with Gasteiger partial charge in [0.2, 0.25) is 0 Å². The monoisotopic (exact) mass is 408 g/mol. The van der Waals surface area contributed by atoms with Gasteiger partial charge in [-0.1, -0.05) is 23.9 Å². The summed E-state index contributed by atoms with van der Waals surface area (Å²) in [4.78, 5) is 6.74. The zero-order chi connectivity index (χ0) is 10.3. The lowest BCUT2D eigenvalue weighted by atomic mass is 10.1. The normalized spacial score (nSPS) is 17.7. The zero-order valence-electron chi connectivity index (χ0n) is 8.39. The van der Waals surface area contributed by atoms with Gasteiger partial charge in [-0.3, -0.25) is 4.99 Å². The Bertz CT molecular complexity index is 456. The second-order valence-corrected chi connectivity index (χ2v) is 5.53. The van der Waals surface area contributed by atoms with Gasteiger partial charge in [-0.05, 0) is 40.3 Å². The van der Waals surface area contributed by atoms with Crippen LogP contribution in [0.15, 0.2) is 34.7 Å². The van der Waals surface area contributed by atoms with Crippen molar-refractivity contribution in [3.8, 4) is 0 Å². The second kappa shape index (κ2) is 5.10. The van der Waals surface area contributed by atoms with Crippen molar-refractivity contribution in [1.82, 2.24) is 4.90 Å². The van der Waals surface area contributed by atoms with Gasteiger partial charge >= 0.3 is 0 Å². The minimum absolute atomic E-state index is 0. The first-order valence-electron chi connectivity index (χ1n) is 4.79. The van der Waals surface area contributed by atoms with Gasteiger partial charge in [0, 0.05) is 15.5 Å². The fraction of sp³-hybridized carbons (Fsp3) is 0.182. The van der Waals surface area contributed by atoms with Gasteiger partial charge < -0.3 is 4.90 Å². The molecule has 3 rings (SSSR count). The van der Waals surface area contributed by atoms with E-state index in [9.17, 15) is 0 Å². The first kappa shape index (κ1) is 12.4. The van der Waals surface area contributed by atoms with Crippen LogP contribution < -0.4 is 0 Å². The topological polar surface area (TPSA) is 15.6 Å². The average molecular weight is 409 g/mol. The second-order valence-electron chi connectivity index (χ2n) is 3.44. The summed E-state index contributed by atoms with van der Waals surface area (Å²) in [6.45, 7) is 1.96. The Morgan fingerprint density at radius 3 is 2.75 bits per heavy atom. The lowest BCUT2D eigenvalue weighted by Crippen LogP contribution is -2.19. The van der Waals surface area contributed by atoms with E-state index in [-0.39, 0.29) is 17.0 Å². The molecule has 0 fully saturated rings. The molecule has 2 aliphatic heterocycles. The van der Waals surface area contributed by atoms with E-state index in [1.807, 2.05) is 0 Å². The van der Waals surface area contributed by atoms with Crippen LogP contribution in [0, 0.1) is 3.57 Å². The third-order valence-corrected chi connectivity index (χ3v) is 4.13. The van der Waals surface area contributed by atoms with Crippen LogP contribution in [0.5, 0.6) is 0 Å². The predicted octanol–water partition coefficient (Wildman–Crippen LogP) is 3.59. The summed E-state index contributed by atoms with van der Waals surface area (Å²) in [7, 11) is 0. The summed E-state index contributed by atoms with van der Waals surface area (Å²) >= 11 is 4.06. The number of fused-ring (bicyclic) bond motifs is 1. The van der Waals surface area contributed by atoms with Crippen molar-refractivity contribution >= 4 is 62.2 Å². The number of hydrogen-bond donors (Lipinski definition) is 0. The standard InChI is InChI=1S/C11H9IN2S.BrH/c12-9-3-1-8(2-4-9)10-7-15-11-13-5-6-14(10)11;/h1-4,7H,5-6H2;1H. The largest absolute Gasteiger partial charge is 0.318 e. The molecule has 16 heavy (non-hydrogen) atoms. The van der Waals surface area contributed by atoms with Gasteiger partial charge in [0.25, 0.3) is 0 Å². The molecule has 0 amide bonds. The maximum Gasteiger partial charge on any atom is 0.168 e. The molecular formula is C11H10BrIN2S. The molecular weight excluding hydrogens is 399 g/mol. The number of rotatable bonds is 1. The lowest BCUT2D eigenvalue weighted by molar-refractivity contribution is 0.650. The van der Waals surface area contributed by atoms with Gasteiger partial charge in [-0.15, -0.1) is 17.0 Å². The van der Waals surface area contributed by atoms with Crippen molar-refractivity contribution in [3.63, 3.8) is 0 Å². The maximum absolute atomic E-state index is 4.44. The summed E-state index contributed by atoms with van der Waals surface area (Å²) in [5, 5.41) is 3.35. The summed E-state index contributed by atoms with van der Waals surface area (Å²) in [5.74, 6) is 0. The molecule has 0 aromatic heterocycles. The Kier molecular flexibility index (Phi) is 3.97. The quantitative estimate of drug-likeness (QED) is 0.660. The van der Waals surface area contributed by atoms with Crippen molar-refractivity contribution < 1.29 is 0 Å². The van der Waals surface area contributed by atoms with Gasteiger partial charge in [-0.2, -0.15) is 0 Å². The number of amidine groups is 1. The van der Waals surface area contributed by atoms with Crippen molar-refractivity contribution in [3.05, 3.63) is 38.8 Å². The highest BCUT2D eigenvalue weighted by Crippen LogP contribution is 2.35. The molecule has 0 atom stereocenters. The number of hydrogen-bond acceptors (Lipinski definition) is 3.